The molecule has 0 aliphatic heterocycles. The molecule has 2 aromatic rings. The molecular formula is C28H36. The summed E-state index contributed by atoms with van der Waals surface area (Å²) in [6, 6.07) is 17.7. The number of hydrogen-bond acceptors (Lipinski definition) is 0. The Balaban J connectivity index is 1.47. The Morgan fingerprint density at radius 3 is 1.68 bits per heavy atom. The van der Waals surface area contributed by atoms with Crippen molar-refractivity contribution in [1.29, 1.82) is 0 Å². The Labute approximate surface area is 172 Å². The lowest BCUT2D eigenvalue weighted by Crippen LogP contribution is -2.14. The Hall–Kier alpha value is -2.00. The van der Waals surface area contributed by atoms with Crippen LogP contribution in [0.25, 0.3) is 0 Å². The molecular weight excluding hydrogens is 336 g/mol. The largest absolute Gasteiger partial charge is 0.0654 e. The zero-order chi connectivity index (χ0) is 19.6. The molecule has 0 nitrogen and oxygen atoms in total. The summed E-state index contributed by atoms with van der Waals surface area (Å²) in [5.74, 6) is 8.57. The van der Waals surface area contributed by atoms with Crippen molar-refractivity contribution in [3.63, 3.8) is 0 Å². The van der Waals surface area contributed by atoms with Crippen molar-refractivity contribution < 1.29 is 0 Å². The highest BCUT2D eigenvalue weighted by Gasteiger charge is 2.19. The molecule has 1 aliphatic carbocycles. The predicted molar refractivity (Wildman–Crippen MR) is 122 cm³/mol. The molecule has 0 spiro atoms. The maximum atomic E-state index is 3.32. The van der Waals surface area contributed by atoms with Crippen molar-refractivity contribution in [1.82, 2.24) is 0 Å². The van der Waals surface area contributed by atoms with Crippen molar-refractivity contribution in [3.8, 4) is 11.8 Å². The molecule has 0 atom stereocenters. The summed E-state index contributed by atoms with van der Waals surface area (Å²) in [6.45, 7) is 4.58. The number of rotatable bonds is 7. The van der Waals surface area contributed by atoms with Gasteiger partial charge < -0.3 is 0 Å². The molecule has 1 saturated carbocycles. The molecule has 0 heterocycles. The molecule has 1 fully saturated rings. The molecule has 0 N–H and O–H groups in total. The van der Waals surface area contributed by atoms with Gasteiger partial charge in [0.15, 0.2) is 0 Å². The topological polar surface area (TPSA) is 0 Å². The van der Waals surface area contributed by atoms with E-state index in [-0.39, 0.29) is 0 Å². The van der Waals surface area contributed by atoms with E-state index in [1.165, 1.54) is 75.3 Å². The second-order valence-electron chi connectivity index (χ2n) is 8.58. The van der Waals surface area contributed by atoms with Gasteiger partial charge in [-0.2, -0.15) is 0 Å². The van der Waals surface area contributed by atoms with Gasteiger partial charge in [-0.25, -0.2) is 0 Å². The van der Waals surface area contributed by atoms with Crippen LogP contribution in [-0.4, -0.2) is 0 Å². The van der Waals surface area contributed by atoms with E-state index in [0.29, 0.717) is 0 Å². The first-order valence-corrected chi connectivity index (χ1v) is 11.5. The van der Waals surface area contributed by atoms with Crippen molar-refractivity contribution >= 4 is 0 Å². The van der Waals surface area contributed by atoms with Crippen LogP contribution in [0.1, 0.15) is 87.5 Å². The van der Waals surface area contributed by atoms with Crippen molar-refractivity contribution in [2.45, 2.75) is 78.1 Å². The smallest absolute Gasteiger partial charge is 0.0249 e. The lowest BCUT2D eigenvalue weighted by Gasteiger charge is -2.27. The van der Waals surface area contributed by atoms with Crippen LogP contribution in [0.2, 0.25) is 0 Å². The molecule has 28 heavy (non-hydrogen) atoms. The van der Waals surface area contributed by atoms with Gasteiger partial charge in [0, 0.05) is 11.1 Å². The molecule has 0 heteroatoms. The zero-order valence-corrected chi connectivity index (χ0v) is 17.8. The summed E-state index contributed by atoms with van der Waals surface area (Å²) >= 11 is 0. The van der Waals surface area contributed by atoms with Gasteiger partial charge in [-0.05, 0) is 72.9 Å². The van der Waals surface area contributed by atoms with Gasteiger partial charge in [0.05, 0.1) is 0 Å². The van der Waals surface area contributed by atoms with Crippen molar-refractivity contribution in [3.05, 3.63) is 70.8 Å². The van der Waals surface area contributed by atoms with Crippen molar-refractivity contribution in [2.24, 2.45) is 11.8 Å². The Morgan fingerprint density at radius 1 is 0.679 bits per heavy atom. The average Bonchev–Trinajstić information content (AvgIpc) is 2.76. The summed E-state index contributed by atoms with van der Waals surface area (Å²) in [5, 5.41) is 0. The van der Waals surface area contributed by atoms with Crippen LogP contribution in [0.5, 0.6) is 0 Å². The Kier molecular flexibility index (Phi) is 8.23. The monoisotopic (exact) mass is 372 g/mol. The van der Waals surface area contributed by atoms with Crippen LogP contribution in [0.4, 0.5) is 0 Å². The fraction of sp³-hybridized carbons (Fsp3) is 0.500. The van der Waals surface area contributed by atoms with E-state index in [2.05, 4.69) is 74.2 Å². The van der Waals surface area contributed by atoms with Crippen molar-refractivity contribution in [2.75, 3.05) is 0 Å². The molecule has 0 bridgehead atoms. The highest BCUT2D eigenvalue weighted by molar-refractivity contribution is 5.44. The van der Waals surface area contributed by atoms with E-state index in [4.69, 9.17) is 0 Å². The number of benzene rings is 2. The Bertz CT molecular complexity index is 746. The lowest BCUT2D eigenvalue weighted by atomic mass is 9.78. The standard InChI is InChI=1S/C28H36/c1-3-5-6-24-11-13-26(14-12-24)17-18-28-21-19-27(20-22-28)16-15-25-9-7-23(4-2)8-10-25/h11-14,19-23,25H,3-10,15-16H2,1-2H3. The van der Waals surface area contributed by atoms with Crippen LogP contribution >= 0.6 is 0 Å². The summed E-state index contributed by atoms with van der Waals surface area (Å²) in [4.78, 5) is 0. The number of unbranched alkanes of at least 4 members (excludes halogenated alkanes) is 1. The fourth-order valence-corrected chi connectivity index (χ4v) is 4.33. The minimum absolute atomic E-state index is 0.947. The highest BCUT2D eigenvalue weighted by atomic mass is 14.2. The third kappa shape index (κ3) is 6.56. The molecule has 0 saturated heterocycles. The van der Waals surface area contributed by atoms with E-state index in [1.807, 2.05) is 0 Å². The van der Waals surface area contributed by atoms with Crippen LogP contribution in [0.15, 0.2) is 48.5 Å². The molecule has 0 aromatic heterocycles. The molecule has 0 radical (unpaired) electrons. The van der Waals surface area contributed by atoms with Crippen LogP contribution < -0.4 is 0 Å². The number of hydrogen-bond donors (Lipinski definition) is 0. The molecule has 0 amide bonds. The lowest BCUT2D eigenvalue weighted by molar-refractivity contribution is 0.259. The maximum Gasteiger partial charge on any atom is 0.0249 e. The molecule has 3 rings (SSSR count). The minimum atomic E-state index is 0.947. The van der Waals surface area contributed by atoms with Gasteiger partial charge in [-0.3, -0.25) is 0 Å². The zero-order valence-electron chi connectivity index (χ0n) is 17.8. The van der Waals surface area contributed by atoms with Gasteiger partial charge in [0.2, 0.25) is 0 Å². The first kappa shape index (κ1) is 20.7. The summed E-state index contributed by atoms with van der Waals surface area (Å²) in [7, 11) is 0. The van der Waals surface area contributed by atoms with Crippen LogP contribution in [-0.2, 0) is 12.8 Å². The first-order valence-electron chi connectivity index (χ1n) is 11.5. The van der Waals surface area contributed by atoms with E-state index in [1.54, 1.807) is 0 Å². The number of aryl methyl sites for hydroxylation is 2. The van der Waals surface area contributed by atoms with E-state index in [9.17, 15) is 0 Å². The van der Waals surface area contributed by atoms with Gasteiger partial charge in [-0.15, -0.1) is 0 Å². The van der Waals surface area contributed by atoms with Gasteiger partial charge in [0.1, 0.15) is 0 Å². The highest BCUT2D eigenvalue weighted by Crippen LogP contribution is 2.33. The van der Waals surface area contributed by atoms with Gasteiger partial charge in [0.25, 0.3) is 0 Å². The maximum absolute atomic E-state index is 3.32. The van der Waals surface area contributed by atoms with Gasteiger partial charge in [-0.1, -0.05) is 88.5 Å². The third-order valence-electron chi connectivity index (χ3n) is 6.46. The minimum Gasteiger partial charge on any atom is -0.0654 e. The second-order valence-corrected chi connectivity index (χ2v) is 8.58. The third-order valence-corrected chi connectivity index (χ3v) is 6.46. The van der Waals surface area contributed by atoms with E-state index in [0.717, 1.165) is 23.0 Å². The summed E-state index contributed by atoms with van der Waals surface area (Å²) < 4.78 is 0. The molecule has 148 valence electrons. The van der Waals surface area contributed by atoms with Crippen LogP contribution in [0, 0.1) is 23.7 Å². The molecule has 0 unspecified atom stereocenters. The summed E-state index contributed by atoms with van der Waals surface area (Å²) in [5.41, 5.74) is 5.10. The summed E-state index contributed by atoms with van der Waals surface area (Å²) in [6.07, 6.45) is 13.4. The molecule has 2 aromatic carbocycles. The van der Waals surface area contributed by atoms with Gasteiger partial charge >= 0.3 is 0 Å². The normalized spacial score (nSPS) is 19.1. The fourth-order valence-electron chi connectivity index (χ4n) is 4.33. The molecule has 1 aliphatic rings. The average molecular weight is 373 g/mol. The Morgan fingerprint density at radius 2 is 1.18 bits per heavy atom. The second kappa shape index (κ2) is 11.1. The SMILES string of the molecule is CCCCc1ccc(C#Cc2ccc(CCC3CCC(CC)CC3)cc2)cc1. The van der Waals surface area contributed by atoms with Crippen LogP contribution in [0.3, 0.4) is 0 Å². The van der Waals surface area contributed by atoms with E-state index < -0.39 is 0 Å². The predicted octanol–water partition coefficient (Wildman–Crippen LogP) is 7.58. The first-order chi connectivity index (χ1) is 13.8. The quantitative estimate of drug-likeness (QED) is 0.439. The van der Waals surface area contributed by atoms with E-state index >= 15 is 0 Å².